The van der Waals surface area contributed by atoms with Crippen molar-refractivity contribution in [1.82, 2.24) is 0 Å². The molecule has 29 heavy (non-hydrogen) atoms. The Morgan fingerprint density at radius 1 is 0.793 bits per heavy atom. The molecule has 0 amide bonds. The van der Waals surface area contributed by atoms with E-state index in [2.05, 4.69) is 0 Å². The fourth-order valence-electron chi connectivity index (χ4n) is 1.84. The molecule has 0 heterocycles. The van der Waals surface area contributed by atoms with Crippen molar-refractivity contribution in [3.8, 4) is 0 Å². The van der Waals surface area contributed by atoms with Crippen molar-refractivity contribution < 1.29 is 62.6 Å². The molecule has 0 spiro atoms. The predicted molar refractivity (Wildman–Crippen MR) is 72.9 cm³/mol. The van der Waals surface area contributed by atoms with Crippen molar-refractivity contribution in [2.75, 3.05) is 0 Å². The van der Waals surface area contributed by atoms with E-state index >= 15 is 0 Å². The largest absolute Gasteiger partial charge is 0.507 e. The lowest BCUT2D eigenvalue weighted by atomic mass is 9.97. The third-order valence-electron chi connectivity index (χ3n) is 3.19. The Morgan fingerprint density at radius 2 is 1.14 bits per heavy atom. The van der Waals surface area contributed by atoms with Gasteiger partial charge in [-0.3, -0.25) is 4.79 Å². The zero-order valence-electron chi connectivity index (χ0n) is 12.7. The second-order valence-corrected chi connectivity index (χ2v) is 5.81. The predicted octanol–water partition coefficient (Wildman–Crippen LogP) is 6.59. The molecule has 164 valence electrons. The minimum Gasteiger partial charge on any atom is -0.507 e. The van der Waals surface area contributed by atoms with Crippen molar-refractivity contribution in [3.63, 3.8) is 0 Å². The maximum atomic E-state index is 13.7. The van der Waals surface area contributed by atoms with Gasteiger partial charge in [0.2, 0.25) is 5.78 Å². The number of aliphatic hydroxyl groups is 1. The summed E-state index contributed by atoms with van der Waals surface area (Å²) < 4.78 is 153. The fraction of sp³-hybridized carbons (Fsp3) is 0.308. The third kappa shape index (κ3) is 4.22. The van der Waals surface area contributed by atoms with E-state index in [1.54, 1.807) is 0 Å². The molecule has 16 heteroatoms. The van der Waals surface area contributed by atoms with Gasteiger partial charge in [0.05, 0.1) is 15.6 Å². The van der Waals surface area contributed by atoms with Gasteiger partial charge in [-0.25, -0.2) is 13.2 Å². The summed E-state index contributed by atoms with van der Waals surface area (Å²) in [5.74, 6) is -11.1. The summed E-state index contributed by atoms with van der Waals surface area (Å²) in [4.78, 5) is 11.3. The number of aliphatic hydroxyl groups excluding tert-OH is 1. The summed E-state index contributed by atoms with van der Waals surface area (Å²) >= 11 is 10.2. The van der Waals surface area contributed by atoms with Crippen LogP contribution >= 0.6 is 23.2 Å². The molecule has 0 fully saturated rings. The van der Waals surface area contributed by atoms with Crippen LogP contribution in [0.15, 0.2) is 6.08 Å². The van der Waals surface area contributed by atoms with Gasteiger partial charge >= 0.3 is 24.2 Å². The quantitative estimate of drug-likeness (QED) is 0.225. The SMILES string of the molecule is O=C(/C=C(\O)c1c(Cl)c(F)c(C(F)(F)F)c(F)c1Cl)C(F)(C(F)(F)F)C(F)(F)F. The van der Waals surface area contributed by atoms with Crippen molar-refractivity contribution in [2.45, 2.75) is 24.2 Å². The number of alkyl halides is 10. The molecule has 1 aromatic carbocycles. The molecule has 1 aromatic rings. The van der Waals surface area contributed by atoms with Gasteiger partial charge in [0.1, 0.15) is 11.3 Å². The first-order chi connectivity index (χ1) is 12.7. The first kappa shape index (κ1) is 25.2. The third-order valence-corrected chi connectivity index (χ3v) is 3.90. The van der Waals surface area contributed by atoms with Gasteiger partial charge < -0.3 is 5.11 Å². The average molecular weight is 489 g/mol. The van der Waals surface area contributed by atoms with E-state index < -0.39 is 74.6 Å². The number of hydrogen-bond donors (Lipinski definition) is 1. The highest BCUT2D eigenvalue weighted by Crippen LogP contribution is 2.48. The van der Waals surface area contributed by atoms with Crippen LogP contribution in [0.4, 0.5) is 52.7 Å². The Morgan fingerprint density at radius 3 is 1.41 bits per heavy atom. The minimum atomic E-state index is -6.90. The van der Waals surface area contributed by atoms with Crippen LogP contribution in [0.25, 0.3) is 5.76 Å². The highest BCUT2D eigenvalue weighted by Gasteiger charge is 2.76. The number of allylic oxidation sites excluding steroid dienone is 1. The van der Waals surface area contributed by atoms with Gasteiger partial charge in [0, 0.05) is 6.08 Å². The minimum absolute atomic E-state index is 1.12. The van der Waals surface area contributed by atoms with Crippen molar-refractivity contribution in [1.29, 1.82) is 0 Å². The summed E-state index contributed by atoms with van der Waals surface area (Å²) in [6.07, 6.45) is -20.7. The molecule has 1 rings (SSSR count). The molecule has 0 atom stereocenters. The van der Waals surface area contributed by atoms with Crippen LogP contribution in [0.5, 0.6) is 0 Å². The van der Waals surface area contributed by atoms with Crippen molar-refractivity contribution >= 4 is 34.7 Å². The molecule has 0 aliphatic carbocycles. The zero-order chi connectivity index (χ0) is 23.3. The van der Waals surface area contributed by atoms with Gasteiger partial charge in [-0.05, 0) is 0 Å². The Bertz CT molecular complexity index is 824. The van der Waals surface area contributed by atoms with Gasteiger partial charge in [-0.15, -0.1) is 0 Å². The lowest BCUT2D eigenvalue weighted by molar-refractivity contribution is -0.323. The van der Waals surface area contributed by atoms with Gasteiger partial charge in [-0.2, -0.15) is 39.5 Å². The molecule has 0 unspecified atom stereocenters. The standard InChI is InChI=1S/C13H2Cl2F12O2/c14-6-4(7(15)9(17)5(8(6)16)11(19,20)21)2(28)1-3(29)10(18,12(22,23)24)13(25,26)27/h1,28H/b2-1-. The van der Waals surface area contributed by atoms with E-state index in [9.17, 15) is 62.6 Å². The number of halogens is 14. The normalized spacial score (nSPS) is 14.3. The Kier molecular flexibility index (Phi) is 6.48. The van der Waals surface area contributed by atoms with E-state index in [1.165, 1.54) is 0 Å². The summed E-state index contributed by atoms with van der Waals surface area (Å²) in [5, 5.41) is 5.60. The number of carbonyl (C=O) groups excluding carboxylic acids is 1. The van der Waals surface area contributed by atoms with E-state index in [4.69, 9.17) is 23.2 Å². The van der Waals surface area contributed by atoms with Gasteiger partial charge in [0.15, 0.2) is 11.6 Å². The summed E-state index contributed by atoms with van der Waals surface area (Å²) in [5.41, 5.74) is -11.1. The summed E-state index contributed by atoms with van der Waals surface area (Å²) in [7, 11) is 0. The molecule has 0 radical (unpaired) electrons. The molecule has 2 nitrogen and oxygen atoms in total. The Balaban J connectivity index is 3.74. The number of ketones is 1. The smallest absolute Gasteiger partial charge is 0.439 e. The first-order valence-electron chi connectivity index (χ1n) is 6.40. The number of rotatable bonds is 3. The zero-order valence-corrected chi connectivity index (χ0v) is 14.2. The Labute approximate surface area is 161 Å². The fourth-order valence-corrected chi connectivity index (χ4v) is 2.46. The monoisotopic (exact) mass is 488 g/mol. The molecule has 1 N–H and O–H groups in total. The highest BCUT2D eigenvalue weighted by molar-refractivity contribution is 6.38. The van der Waals surface area contributed by atoms with Gasteiger partial charge in [-0.1, -0.05) is 23.2 Å². The summed E-state index contributed by atoms with van der Waals surface area (Å²) in [6.45, 7) is 0. The van der Waals surface area contributed by atoms with E-state index in [0.29, 0.717) is 0 Å². The molecular formula is C13H2Cl2F12O2. The molecular weight excluding hydrogens is 487 g/mol. The summed E-state index contributed by atoms with van der Waals surface area (Å²) in [6, 6.07) is 0. The van der Waals surface area contributed by atoms with Crippen LogP contribution in [0.2, 0.25) is 10.0 Å². The molecule has 0 saturated heterocycles. The number of hydrogen-bond acceptors (Lipinski definition) is 2. The van der Waals surface area contributed by atoms with Crippen LogP contribution in [0.1, 0.15) is 11.1 Å². The lowest BCUT2D eigenvalue weighted by Crippen LogP contribution is -2.58. The van der Waals surface area contributed by atoms with Crippen LogP contribution in [0.3, 0.4) is 0 Å². The first-order valence-corrected chi connectivity index (χ1v) is 7.16. The number of carbonyl (C=O) groups is 1. The second-order valence-electron chi connectivity index (χ2n) is 5.05. The van der Waals surface area contributed by atoms with Crippen LogP contribution in [0, 0.1) is 11.6 Å². The maximum absolute atomic E-state index is 13.7. The molecule has 0 bridgehead atoms. The highest BCUT2D eigenvalue weighted by atomic mass is 35.5. The van der Waals surface area contributed by atoms with Gasteiger partial charge in [0.25, 0.3) is 0 Å². The van der Waals surface area contributed by atoms with Crippen molar-refractivity contribution in [3.05, 3.63) is 38.9 Å². The van der Waals surface area contributed by atoms with Crippen LogP contribution < -0.4 is 0 Å². The van der Waals surface area contributed by atoms with Crippen molar-refractivity contribution in [2.24, 2.45) is 0 Å². The molecule has 0 saturated carbocycles. The molecule has 0 aromatic heterocycles. The lowest BCUT2D eigenvalue weighted by Gasteiger charge is -2.27. The van der Waals surface area contributed by atoms with Crippen LogP contribution in [-0.2, 0) is 11.0 Å². The number of benzene rings is 1. The Hall–Kier alpha value is -1.83. The van der Waals surface area contributed by atoms with E-state index in [0.717, 1.165) is 0 Å². The van der Waals surface area contributed by atoms with E-state index in [-0.39, 0.29) is 0 Å². The average Bonchev–Trinajstić information content (AvgIpc) is 2.48. The van der Waals surface area contributed by atoms with E-state index in [1.807, 2.05) is 0 Å². The second kappa shape index (κ2) is 7.45. The topological polar surface area (TPSA) is 37.3 Å². The molecule has 0 aliphatic rings. The molecule has 0 aliphatic heterocycles. The maximum Gasteiger partial charge on any atom is 0.439 e. The van der Waals surface area contributed by atoms with Crippen LogP contribution in [-0.4, -0.2) is 28.9 Å².